The van der Waals surface area contributed by atoms with E-state index in [0.717, 1.165) is 88.1 Å². The monoisotopic (exact) mass is 878 g/mol. The summed E-state index contributed by atoms with van der Waals surface area (Å²) in [6.07, 6.45) is 10.2. The van der Waals surface area contributed by atoms with Crippen LogP contribution in [0.4, 0.5) is 17.2 Å². The van der Waals surface area contributed by atoms with Gasteiger partial charge in [-0.2, -0.15) is 0 Å². The zero-order chi connectivity index (χ0) is 43.7. The Bertz CT molecular complexity index is 2580. The van der Waals surface area contributed by atoms with Crippen LogP contribution in [0.2, 0.25) is 0 Å². The summed E-state index contributed by atoms with van der Waals surface area (Å²) in [6.45, 7) is 10.2. The number of ether oxygens (including phenoxy) is 3. The Labute approximate surface area is 366 Å². The molecule has 6 heterocycles. The van der Waals surface area contributed by atoms with Gasteiger partial charge in [-0.1, -0.05) is 38.1 Å². The smallest absolute Gasteiger partial charge is 0.312 e. The van der Waals surface area contributed by atoms with Crippen LogP contribution in [0, 0.1) is 21.4 Å². The van der Waals surface area contributed by atoms with Gasteiger partial charge in [-0.3, -0.25) is 19.8 Å². The maximum atomic E-state index is 13.9. The van der Waals surface area contributed by atoms with Crippen molar-refractivity contribution in [2.24, 2.45) is 11.3 Å². The van der Waals surface area contributed by atoms with Crippen LogP contribution in [0.3, 0.4) is 0 Å². The first-order chi connectivity index (χ1) is 30.4. The maximum Gasteiger partial charge on any atom is 0.312 e. The highest BCUT2D eigenvalue weighted by Crippen LogP contribution is 2.53. The normalized spacial score (nSPS) is 19.9. The summed E-state index contributed by atoms with van der Waals surface area (Å²) >= 11 is 0. The molecular weight excluding hydrogens is 825 g/mol. The molecule has 1 atom stereocenters. The number of carbonyl (C=O) groups excluding carboxylic acids is 1. The molecular formula is C46H54N8O8S. The van der Waals surface area contributed by atoms with Crippen LogP contribution in [-0.4, -0.2) is 97.7 Å². The molecule has 4 aliphatic rings. The molecule has 3 N–H and O–H groups in total. The number of nitrogens with zero attached hydrogens (tertiary/aromatic N) is 5. The number of aromatic nitrogens is 3. The number of H-pyrrole nitrogens is 1. The molecule has 3 aromatic heterocycles. The lowest BCUT2D eigenvalue weighted by Crippen LogP contribution is -2.58. The third kappa shape index (κ3) is 9.10. The minimum Gasteiger partial charge on any atom is -0.455 e. The third-order valence-electron chi connectivity index (χ3n) is 13.4. The molecule has 9 rings (SSSR count). The summed E-state index contributed by atoms with van der Waals surface area (Å²) in [5.74, 6) is 0.151. The third-order valence-corrected chi connectivity index (χ3v) is 14.7. The van der Waals surface area contributed by atoms with Crippen LogP contribution in [0.15, 0.2) is 84.1 Å². The number of hydrogen-bond donors (Lipinski definition) is 3. The van der Waals surface area contributed by atoms with Gasteiger partial charge in [0, 0.05) is 74.8 Å². The standard InChI is InChI=1S/C46H54N8O8S/c1-30(2)37-5-3-4-6-38(37)41-29-61-20-17-53(41)34-24-46(25-34)12-15-52(16-13-46)33-7-8-39(42(22-33)62-35-21-32-9-14-47-43(32)49-27-35)45(55)51-63(58,59)36-23-40(54(56)57)44(50-28-36)48-26-31-10-18-60-19-11-31/h3-9,14,21-23,27-28,30-31,34,41H,10-13,15-20,24-26,29H2,1-2H3,(H,47,49)(H,48,50)(H,51,55)/t41-/m0/s1. The number of morpholine rings is 1. The van der Waals surface area contributed by atoms with Crippen LogP contribution in [-0.2, 0) is 19.5 Å². The van der Waals surface area contributed by atoms with E-state index in [-0.39, 0.29) is 34.5 Å². The van der Waals surface area contributed by atoms with Gasteiger partial charge in [0.05, 0.1) is 42.1 Å². The van der Waals surface area contributed by atoms with Crippen LogP contribution in [0.5, 0.6) is 11.5 Å². The van der Waals surface area contributed by atoms with Crippen molar-refractivity contribution in [2.45, 2.75) is 75.3 Å². The highest BCUT2D eigenvalue weighted by Gasteiger charge is 2.49. The number of hydrogen-bond acceptors (Lipinski definition) is 13. The Balaban J connectivity index is 0.905. The highest BCUT2D eigenvalue weighted by atomic mass is 32.2. The molecule has 1 amide bonds. The van der Waals surface area contributed by atoms with Gasteiger partial charge in [-0.15, -0.1) is 0 Å². The molecule has 2 aromatic carbocycles. The van der Waals surface area contributed by atoms with Crippen molar-refractivity contribution in [3.8, 4) is 11.5 Å². The number of nitrogens with one attached hydrogen (secondary N) is 3. The Morgan fingerprint density at radius 2 is 1.79 bits per heavy atom. The van der Waals surface area contributed by atoms with Gasteiger partial charge < -0.3 is 29.4 Å². The van der Waals surface area contributed by atoms with Gasteiger partial charge in [0.2, 0.25) is 5.82 Å². The van der Waals surface area contributed by atoms with Crippen LogP contribution in [0.1, 0.15) is 85.8 Å². The number of piperidine rings is 1. The van der Waals surface area contributed by atoms with Crippen LogP contribution < -0.4 is 19.7 Å². The van der Waals surface area contributed by atoms with Crippen molar-refractivity contribution < 1.29 is 32.3 Å². The number of rotatable bonds is 13. The molecule has 1 aliphatic carbocycles. The van der Waals surface area contributed by atoms with Gasteiger partial charge in [-0.25, -0.2) is 23.1 Å². The largest absolute Gasteiger partial charge is 0.455 e. The number of nitro groups is 1. The van der Waals surface area contributed by atoms with Crippen molar-refractivity contribution in [3.63, 3.8) is 0 Å². The minimum atomic E-state index is -4.61. The molecule has 0 unspecified atom stereocenters. The molecule has 4 fully saturated rings. The van der Waals surface area contributed by atoms with Crippen LogP contribution in [0.25, 0.3) is 11.0 Å². The lowest BCUT2D eigenvalue weighted by Gasteiger charge is -2.57. The predicted octanol–water partition coefficient (Wildman–Crippen LogP) is 7.56. The summed E-state index contributed by atoms with van der Waals surface area (Å²) in [6, 6.07) is 19.2. The molecule has 1 spiro atoms. The number of carbonyl (C=O) groups is 1. The van der Waals surface area contributed by atoms with Crippen LogP contribution >= 0.6 is 0 Å². The average Bonchev–Trinajstić information content (AvgIpc) is 3.76. The second-order valence-electron chi connectivity index (χ2n) is 17.7. The summed E-state index contributed by atoms with van der Waals surface area (Å²) in [5.41, 5.74) is 3.98. The number of anilines is 2. The lowest BCUT2D eigenvalue weighted by molar-refractivity contribution is -0.384. The van der Waals surface area contributed by atoms with E-state index in [0.29, 0.717) is 49.7 Å². The number of amides is 1. The Kier molecular flexibility index (Phi) is 12.1. The molecule has 332 valence electrons. The fourth-order valence-electron chi connectivity index (χ4n) is 9.85. The van der Waals surface area contributed by atoms with Crippen molar-refractivity contribution in [1.29, 1.82) is 0 Å². The SMILES string of the molecule is CC(C)c1ccccc1[C@@H]1COCCN1C1CC2(CCN(c3ccc(C(=O)NS(=O)(=O)c4cnc(NCC5CCOCC5)c([N+](=O)[O-])c4)c(Oc4cnc5[nH]ccc5c4)c3)CC2)C1. The molecule has 0 radical (unpaired) electrons. The number of pyridine rings is 2. The highest BCUT2D eigenvalue weighted by molar-refractivity contribution is 7.90. The summed E-state index contributed by atoms with van der Waals surface area (Å²) < 4.78 is 47.2. The van der Waals surface area contributed by atoms with E-state index in [9.17, 15) is 23.3 Å². The van der Waals surface area contributed by atoms with Crippen molar-refractivity contribution in [1.82, 2.24) is 24.6 Å². The summed E-state index contributed by atoms with van der Waals surface area (Å²) in [4.78, 5) is 41.3. The molecule has 3 saturated heterocycles. The van der Waals surface area contributed by atoms with Gasteiger partial charge >= 0.3 is 5.69 Å². The van der Waals surface area contributed by atoms with Crippen molar-refractivity contribution >= 4 is 44.2 Å². The maximum absolute atomic E-state index is 13.9. The average molecular weight is 879 g/mol. The van der Waals surface area contributed by atoms with E-state index >= 15 is 0 Å². The Hall–Kier alpha value is -5.62. The first-order valence-corrected chi connectivity index (χ1v) is 23.4. The summed E-state index contributed by atoms with van der Waals surface area (Å²) in [5, 5.41) is 15.8. The van der Waals surface area contributed by atoms with E-state index in [1.165, 1.54) is 17.3 Å². The van der Waals surface area contributed by atoms with Gasteiger partial charge in [0.1, 0.15) is 22.0 Å². The topological polar surface area (TPSA) is 194 Å². The second kappa shape index (κ2) is 17.9. The second-order valence-corrected chi connectivity index (χ2v) is 19.4. The Morgan fingerprint density at radius 1 is 1.00 bits per heavy atom. The van der Waals surface area contributed by atoms with E-state index < -0.39 is 31.4 Å². The minimum absolute atomic E-state index is 0.0388. The molecule has 16 nitrogen and oxygen atoms in total. The zero-order valence-corrected chi connectivity index (χ0v) is 36.4. The summed E-state index contributed by atoms with van der Waals surface area (Å²) in [7, 11) is -4.61. The molecule has 17 heteroatoms. The zero-order valence-electron chi connectivity index (χ0n) is 35.6. The number of fused-ring (bicyclic) bond motifs is 1. The number of benzene rings is 2. The molecule has 1 saturated carbocycles. The number of sulfonamides is 1. The van der Waals surface area contributed by atoms with Gasteiger partial charge in [0.25, 0.3) is 15.9 Å². The van der Waals surface area contributed by atoms with Gasteiger partial charge in [0.15, 0.2) is 0 Å². The predicted molar refractivity (Wildman–Crippen MR) is 238 cm³/mol. The molecule has 5 aromatic rings. The quantitative estimate of drug-likeness (QED) is 0.0776. The van der Waals surface area contributed by atoms with Gasteiger partial charge in [-0.05, 0) is 91.2 Å². The van der Waals surface area contributed by atoms with E-state index in [1.807, 2.05) is 6.07 Å². The van der Waals surface area contributed by atoms with Crippen molar-refractivity contribution in [2.75, 3.05) is 62.8 Å². The van der Waals surface area contributed by atoms with E-state index in [4.69, 9.17) is 14.2 Å². The number of aromatic amines is 1. The molecule has 3 aliphatic heterocycles. The first kappa shape index (κ1) is 42.7. The fourth-order valence-corrected chi connectivity index (χ4v) is 10.8. The fraction of sp³-hybridized carbons (Fsp3) is 0.457. The van der Waals surface area contributed by atoms with E-state index in [2.05, 4.69) is 72.9 Å². The van der Waals surface area contributed by atoms with Crippen molar-refractivity contribution in [3.05, 3.63) is 106 Å². The lowest BCUT2D eigenvalue weighted by atomic mass is 9.59. The molecule has 63 heavy (non-hydrogen) atoms. The molecule has 0 bridgehead atoms. The first-order valence-electron chi connectivity index (χ1n) is 21.9. The van der Waals surface area contributed by atoms with E-state index in [1.54, 1.807) is 30.5 Å². The Morgan fingerprint density at radius 3 is 2.57 bits per heavy atom.